The molecule has 0 atom stereocenters. The smallest absolute Gasteiger partial charge is 0.258 e. The third-order valence-corrected chi connectivity index (χ3v) is 4.47. The Morgan fingerprint density at radius 2 is 1.89 bits per heavy atom. The molecular weight excluding hydrogens is 359 g/mol. The van der Waals surface area contributed by atoms with Gasteiger partial charge in [-0.3, -0.25) is 0 Å². The molecule has 0 fully saturated rings. The van der Waals surface area contributed by atoms with Crippen molar-refractivity contribution in [2.45, 2.75) is 13.5 Å². The molecule has 4 aromatic rings. The first kappa shape index (κ1) is 17.8. The van der Waals surface area contributed by atoms with Crippen LogP contribution in [0.5, 0.6) is 0 Å². The van der Waals surface area contributed by atoms with Gasteiger partial charge in [0.05, 0.1) is 12.2 Å². The van der Waals surface area contributed by atoms with Gasteiger partial charge in [-0.25, -0.2) is 9.07 Å². The molecule has 0 spiro atoms. The molecule has 0 N–H and O–H groups in total. The summed E-state index contributed by atoms with van der Waals surface area (Å²) in [5.74, 6) is 0.507. The van der Waals surface area contributed by atoms with Crippen molar-refractivity contribution in [1.29, 1.82) is 0 Å². The van der Waals surface area contributed by atoms with Gasteiger partial charge < -0.3 is 9.42 Å². The average Bonchev–Trinajstić information content (AvgIpc) is 3.29. The molecule has 142 valence electrons. The zero-order valence-corrected chi connectivity index (χ0v) is 15.8. The molecule has 2 aromatic heterocycles. The minimum Gasteiger partial charge on any atom is -0.378 e. The van der Waals surface area contributed by atoms with E-state index in [0.29, 0.717) is 24.0 Å². The Morgan fingerprint density at radius 1 is 1.11 bits per heavy atom. The van der Waals surface area contributed by atoms with Crippen molar-refractivity contribution in [3.05, 3.63) is 65.6 Å². The highest BCUT2D eigenvalue weighted by Crippen LogP contribution is 2.24. The van der Waals surface area contributed by atoms with Crippen molar-refractivity contribution in [1.82, 2.24) is 25.1 Å². The van der Waals surface area contributed by atoms with E-state index in [2.05, 4.69) is 20.5 Å². The second-order valence-corrected chi connectivity index (χ2v) is 6.68. The Bertz CT molecular complexity index is 1100. The number of aromatic nitrogens is 5. The third-order valence-electron chi connectivity index (χ3n) is 4.47. The molecule has 0 bridgehead atoms. The van der Waals surface area contributed by atoms with E-state index >= 15 is 0 Å². The zero-order chi connectivity index (χ0) is 19.7. The lowest BCUT2D eigenvalue weighted by atomic mass is 10.2. The van der Waals surface area contributed by atoms with E-state index in [1.807, 2.05) is 56.3 Å². The highest BCUT2D eigenvalue weighted by Gasteiger charge is 2.18. The van der Waals surface area contributed by atoms with Gasteiger partial charge in [0.2, 0.25) is 5.82 Å². The van der Waals surface area contributed by atoms with Gasteiger partial charge in [-0.2, -0.15) is 4.98 Å². The fraction of sp³-hybridized carbons (Fsp3) is 0.200. The Labute approximate surface area is 161 Å². The first-order valence-electron chi connectivity index (χ1n) is 8.77. The van der Waals surface area contributed by atoms with Crippen molar-refractivity contribution >= 4 is 5.69 Å². The highest BCUT2D eigenvalue weighted by molar-refractivity contribution is 5.61. The van der Waals surface area contributed by atoms with Crippen LogP contribution in [0.3, 0.4) is 0 Å². The van der Waals surface area contributed by atoms with E-state index in [9.17, 15) is 4.39 Å². The van der Waals surface area contributed by atoms with Gasteiger partial charge in [-0.15, -0.1) is 5.10 Å². The molecule has 0 aliphatic carbocycles. The molecule has 0 aliphatic rings. The van der Waals surface area contributed by atoms with Crippen molar-refractivity contribution < 1.29 is 8.91 Å². The number of halogens is 1. The SMILES string of the molecule is Cc1c(-c2noc(-c3ccc(N(C)C)cc3)n2)nnn1Cc1cccc(F)c1. The van der Waals surface area contributed by atoms with Crippen LogP contribution >= 0.6 is 0 Å². The highest BCUT2D eigenvalue weighted by atomic mass is 19.1. The Hall–Kier alpha value is -3.55. The molecule has 4 rings (SSSR count). The predicted octanol–water partition coefficient (Wildman–Crippen LogP) is 3.56. The maximum absolute atomic E-state index is 13.4. The Morgan fingerprint density at radius 3 is 2.61 bits per heavy atom. The van der Waals surface area contributed by atoms with Gasteiger partial charge in [0.1, 0.15) is 5.82 Å². The van der Waals surface area contributed by atoms with Crippen LogP contribution in [-0.4, -0.2) is 39.2 Å². The molecule has 7 nitrogen and oxygen atoms in total. The molecule has 0 saturated carbocycles. The third kappa shape index (κ3) is 3.48. The fourth-order valence-corrected chi connectivity index (χ4v) is 2.86. The molecule has 0 aliphatic heterocycles. The summed E-state index contributed by atoms with van der Waals surface area (Å²) >= 11 is 0. The molecule has 0 saturated heterocycles. The van der Waals surface area contributed by atoms with E-state index < -0.39 is 0 Å². The molecule has 0 unspecified atom stereocenters. The number of anilines is 1. The lowest BCUT2D eigenvalue weighted by molar-refractivity contribution is 0.432. The minimum absolute atomic E-state index is 0.279. The molecule has 8 heteroatoms. The van der Waals surface area contributed by atoms with Crippen LogP contribution in [0.15, 0.2) is 53.1 Å². The van der Waals surface area contributed by atoms with Gasteiger partial charge in [-0.05, 0) is 48.9 Å². The summed E-state index contributed by atoms with van der Waals surface area (Å²) in [6.07, 6.45) is 0. The molecule has 2 aromatic carbocycles. The first-order valence-corrected chi connectivity index (χ1v) is 8.77. The maximum atomic E-state index is 13.4. The zero-order valence-electron chi connectivity index (χ0n) is 15.8. The minimum atomic E-state index is -0.279. The van der Waals surface area contributed by atoms with Crippen molar-refractivity contribution in [2.24, 2.45) is 0 Å². The maximum Gasteiger partial charge on any atom is 0.258 e. The van der Waals surface area contributed by atoms with E-state index in [1.165, 1.54) is 12.1 Å². The van der Waals surface area contributed by atoms with Crippen molar-refractivity contribution in [2.75, 3.05) is 19.0 Å². The molecule has 28 heavy (non-hydrogen) atoms. The van der Waals surface area contributed by atoms with Gasteiger partial charge in [0.15, 0.2) is 5.69 Å². The summed E-state index contributed by atoms with van der Waals surface area (Å²) in [5, 5.41) is 12.4. The molecule has 0 radical (unpaired) electrons. The Kier molecular flexibility index (Phi) is 4.60. The molecule has 2 heterocycles. The summed E-state index contributed by atoms with van der Waals surface area (Å²) in [7, 11) is 3.96. The second-order valence-electron chi connectivity index (χ2n) is 6.68. The standard InChI is InChI=1S/C20H19FN6O/c1-13-18(23-25-27(13)12-14-5-4-6-16(21)11-14)19-22-20(28-24-19)15-7-9-17(10-8-15)26(2)3/h4-11H,12H2,1-3H3. The van der Waals surface area contributed by atoms with Crippen LogP contribution in [0.25, 0.3) is 23.0 Å². The van der Waals surface area contributed by atoms with E-state index in [0.717, 1.165) is 22.5 Å². The lowest BCUT2D eigenvalue weighted by Crippen LogP contribution is -2.07. The van der Waals surface area contributed by atoms with Crippen LogP contribution in [-0.2, 0) is 6.54 Å². The van der Waals surface area contributed by atoms with Crippen LogP contribution in [0.1, 0.15) is 11.3 Å². The molecular formula is C20H19FN6O. The number of nitrogens with zero attached hydrogens (tertiary/aromatic N) is 6. The summed E-state index contributed by atoms with van der Waals surface area (Å²) < 4.78 is 20.5. The van der Waals surface area contributed by atoms with Gasteiger partial charge in [0, 0.05) is 25.3 Å². The van der Waals surface area contributed by atoms with E-state index in [-0.39, 0.29) is 5.82 Å². The number of benzene rings is 2. The Balaban J connectivity index is 1.58. The largest absolute Gasteiger partial charge is 0.378 e. The molecule has 0 amide bonds. The van der Waals surface area contributed by atoms with Crippen LogP contribution in [0.4, 0.5) is 10.1 Å². The average molecular weight is 378 g/mol. The number of hydrogen-bond acceptors (Lipinski definition) is 6. The topological polar surface area (TPSA) is 72.9 Å². The van der Waals surface area contributed by atoms with Crippen molar-refractivity contribution in [3.8, 4) is 23.0 Å². The van der Waals surface area contributed by atoms with Crippen molar-refractivity contribution in [3.63, 3.8) is 0 Å². The van der Waals surface area contributed by atoms with Crippen LogP contribution < -0.4 is 4.90 Å². The lowest BCUT2D eigenvalue weighted by Gasteiger charge is -2.11. The summed E-state index contributed by atoms with van der Waals surface area (Å²) in [6.45, 7) is 2.28. The van der Waals surface area contributed by atoms with Crippen LogP contribution in [0.2, 0.25) is 0 Å². The van der Waals surface area contributed by atoms with E-state index in [4.69, 9.17) is 4.52 Å². The second kappa shape index (κ2) is 7.22. The normalized spacial score (nSPS) is 11.0. The summed E-state index contributed by atoms with van der Waals surface area (Å²) in [4.78, 5) is 6.47. The number of hydrogen-bond donors (Lipinski definition) is 0. The summed E-state index contributed by atoms with van der Waals surface area (Å²) in [5.41, 5.74) is 4.03. The van der Waals surface area contributed by atoms with Gasteiger partial charge in [0.25, 0.3) is 5.89 Å². The number of rotatable bonds is 5. The van der Waals surface area contributed by atoms with Gasteiger partial charge >= 0.3 is 0 Å². The van der Waals surface area contributed by atoms with E-state index in [1.54, 1.807) is 10.7 Å². The fourth-order valence-electron chi connectivity index (χ4n) is 2.86. The van der Waals surface area contributed by atoms with Crippen LogP contribution in [0, 0.1) is 12.7 Å². The monoisotopic (exact) mass is 378 g/mol. The summed E-state index contributed by atoms with van der Waals surface area (Å²) in [6, 6.07) is 14.2. The first-order chi connectivity index (χ1) is 13.5. The van der Waals surface area contributed by atoms with Gasteiger partial charge in [-0.1, -0.05) is 22.5 Å². The predicted molar refractivity (Wildman–Crippen MR) is 103 cm³/mol. The quantitative estimate of drug-likeness (QED) is 0.529.